The van der Waals surface area contributed by atoms with Crippen molar-refractivity contribution in [3.05, 3.63) is 82.8 Å². The third-order valence-electron chi connectivity index (χ3n) is 3.62. The van der Waals surface area contributed by atoms with Gasteiger partial charge in [0.05, 0.1) is 5.69 Å². The van der Waals surface area contributed by atoms with E-state index in [4.69, 9.17) is 11.6 Å². The van der Waals surface area contributed by atoms with Crippen molar-refractivity contribution < 1.29 is 9.18 Å². The molecule has 0 aliphatic rings. The highest BCUT2D eigenvalue weighted by atomic mass is 35.5. The second-order valence-electron chi connectivity index (χ2n) is 5.54. The van der Waals surface area contributed by atoms with Gasteiger partial charge >= 0.3 is 0 Å². The summed E-state index contributed by atoms with van der Waals surface area (Å²) >= 11 is 5.93. The van der Waals surface area contributed by atoms with Gasteiger partial charge in [-0.2, -0.15) is 0 Å². The number of benzene rings is 2. The van der Waals surface area contributed by atoms with Crippen molar-refractivity contribution in [2.24, 2.45) is 0 Å². The van der Waals surface area contributed by atoms with Crippen molar-refractivity contribution in [3.63, 3.8) is 0 Å². The lowest BCUT2D eigenvalue weighted by Gasteiger charge is -2.07. The van der Waals surface area contributed by atoms with E-state index in [1.165, 1.54) is 12.1 Å². The molecule has 1 aromatic heterocycles. The van der Waals surface area contributed by atoms with Crippen molar-refractivity contribution in [1.29, 1.82) is 0 Å². The lowest BCUT2D eigenvalue weighted by Crippen LogP contribution is -2.26. The van der Waals surface area contributed by atoms with Gasteiger partial charge in [0.2, 0.25) is 0 Å². The van der Waals surface area contributed by atoms with Crippen molar-refractivity contribution >= 4 is 29.0 Å². The third-order valence-corrected chi connectivity index (χ3v) is 3.86. The number of carbonyl (C=O) groups is 1. The van der Waals surface area contributed by atoms with Crippen LogP contribution in [0.4, 0.5) is 15.9 Å². The van der Waals surface area contributed by atoms with Crippen molar-refractivity contribution in [1.82, 2.24) is 15.5 Å². The minimum atomic E-state index is -0.392. The SMILES string of the molecule is O=C(NCCc1cccc(Cl)c1)c1ccc(Nc2ccccc2F)nn1. The standard InChI is InChI=1S/C19H16ClFN4O/c20-14-5-3-4-13(12-14)10-11-22-19(26)17-8-9-18(25-24-17)23-16-7-2-1-6-15(16)21/h1-9,12H,10-11H2,(H,22,26)(H,23,25). The van der Waals surface area contributed by atoms with Gasteiger partial charge in [0.1, 0.15) is 5.82 Å². The predicted octanol–water partition coefficient (Wildman–Crippen LogP) is 3.99. The van der Waals surface area contributed by atoms with Crippen LogP contribution < -0.4 is 10.6 Å². The molecule has 0 aliphatic carbocycles. The molecule has 2 aromatic carbocycles. The zero-order chi connectivity index (χ0) is 18.4. The van der Waals surface area contributed by atoms with Gasteiger partial charge in [-0.1, -0.05) is 35.9 Å². The number of rotatable bonds is 6. The largest absolute Gasteiger partial charge is 0.350 e. The molecule has 3 rings (SSSR count). The zero-order valence-corrected chi connectivity index (χ0v) is 14.5. The van der Waals surface area contributed by atoms with E-state index >= 15 is 0 Å². The molecule has 0 bridgehead atoms. The van der Waals surface area contributed by atoms with Gasteiger partial charge in [0.25, 0.3) is 5.91 Å². The van der Waals surface area contributed by atoms with Gasteiger partial charge in [-0.05, 0) is 48.4 Å². The number of halogens is 2. The van der Waals surface area contributed by atoms with Crippen LogP contribution in [0.2, 0.25) is 5.02 Å². The van der Waals surface area contributed by atoms with E-state index in [0.717, 1.165) is 5.56 Å². The van der Waals surface area contributed by atoms with Crippen LogP contribution in [0.15, 0.2) is 60.7 Å². The maximum atomic E-state index is 13.6. The Kier molecular flexibility index (Phi) is 5.76. The number of para-hydroxylation sites is 1. The van der Waals surface area contributed by atoms with E-state index in [0.29, 0.717) is 29.5 Å². The van der Waals surface area contributed by atoms with E-state index in [9.17, 15) is 9.18 Å². The second-order valence-corrected chi connectivity index (χ2v) is 5.98. The third kappa shape index (κ3) is 4.77. The van der Waals surface area contributed by atoms with Crippen LogP contribution in [-0.4, -0.2) is 22.6 Å². The van der Waals surface area contributed by atoms with Crippen molar-refractivity contribution in [2.45, 2.75) is 6.42 Å². The fourth-order valence-electron chi connectivity index (χ4n) is 2.32. The monoisotopic (exact) mass is 370 g/mol. The van der Waals surface area contributed by atoms with Crippen LogP contribution in [0.3, 0.4) is 0 Å². The van der Waals surface area contributed by atoms with Gasteiger partial charge in [0.15, 0.2) is 11.5 Å². The Hall–Kier alpha value is -2.99. The molecule has 26 heavy (non-hydrogen) atoms. The Bertz CT molecular complexity index is 902. The fraction of sp³-hybridized carbons (Fsp3) is 0.105. The van der Waals surface area contributed by atoms with Crippen LogP contribution in [-0.2, 0) is 6.42 Å². The van der Waals surface area contributed by atoms with Crippen LogP contribution in [0.5, 0.6) is 0 Å². The molecule has 3 aromatic rings. The fourth-order valence-corrected chi connectivity index (χ4v) is 2.54. The maximum absolute atomic E-state index is 13.6. The lowest BCUT2D eigenvalue weighted by atomic mass is 10.1. The summed E-state index contributed by atoms with van der Waals surface area (Å²) in [5.74, 6) is -0.361. The Morgan fingerprint density at radius 1 is 1.04 bits per heavy atom. The highest BCUT2D eigenvalue weighted by molar-refractivity contribution is 6.30. The molecule has 0 saturated heterocycles. The number of nitrogens with one attached hydrogen (secondary N) is 2. The second kappa shape index (κ2) is 8.40. The number of hydrogen-bond acceptors (Lipinski definition) is 4. The van der Waals surface area contributed by atoms with Crippen molar-refractivity contribution in [3.8, 4) is 0 Å². The van der Waals surface area contributed by atoms with Gasteiger partial charge in [-0.15, -0.1) is 10.2 Å². The molecule has 5 nitrogen and oxygen atoms in total. The van der Waals surface area contributed by atoms with Crippen LogP contribution in [0, 0.1) is 5.82 Å². The Balaban J connectivity index is 1.54. The van der Waals surface area contributed by atoms with E-state index in [-0.39, 0.29) is 11.6 Å². The molecule has 132 valence electrons. The highest BCUT2D eigenvalue weighted by Gasteiger charge is 2.09. The zero-order valence-electron chi connectivity index (χ0n) is 13.7. The molecule has 1 heterocycles. The molecule has 0 aliphatic heterocycles. The Labute approximate surface area is 155 Å². The average Bonchev–Trinajstić information content (AvgIpc) is 2.64. The van der Waals surface area contributed by atoms with E-state index in [1.54, 1.807) is 30.3 Å². The summed E-state index contributed by atoms with van der Waals surface area (Å²) in [6.45, 7) is 0.454. The predicted molar refractivity (Wildman–Crippen MR) is 99.2 cm³/mol. The number of hydrogen-bond donors (Lipinski definition) is 2. The Morgan fingerprint density at radius 2 is 1.88 bits per heavy atom. The number of carbonyl (C=O) groups excluding carboxylic acids is 1. The topological polar surface area (TPSA) is 66.9 Å². The summed E-state index contributed by atoms with van der Waals surface area (Å²) in [6.07, 6.45) is 0.659. The van der Waals surface area contributed by atoms with Gasteiger partial charge < -0.3 is 10.6 Å². The molecule has 0 spiro atoms. The number of anilines is 2. The maximum Gasteiger partial charge on any atom is 0.271 e. The Morgan fingerprint density at radius 3 is 2.62 bits per heavy atom. The molecule has 7 heteroatoms. The summed E-state index contributed by atoms with van der Waals surface area (Å²) in [7, 11) is 0. The highest BCUT2D eigenvalue weighted by Crippen LogP contribution is 2.17. The summed E-state index contributed by atoms with van der Waals surface area (Å²) in [5, 5.41) is 14.0. The molecular weight excluding hydrogens is 355 g/mol. The summed E-state index contributed by atoms with van der Waals surface area (Å²) < 4.78 is 13.6. The number of nitrogens with zero attached hydrogens (tertiary/aromatic N) is 2. The molecular formula is C19H16ClFN4O. The molecule has 1 amide bonds. The minimum Gasteiger partial charge on any atom is -0.350 e. The normalized spacial score (nSPS) is 10.4. The van der Waals surface area contributed by atoms with Crippen LogP contribution in [0.1, 0.15) is 16.1 Å². The van der Waals surface area contributed by atoms with Gasteiger partial charge in [-0.3, -0.25) is 4.79 Å². The average molecular weight is 371 g/mol. The molecule has 0 unspecified atom stereocenters. The van der Waals surface area contributed by atoms with E-state index in [1.807, 2.05) is 18.2 Å². The molecule has 0 fully saturated rings. The van der Waals surface area contributed by atoms with Gasteiger partial charge in [0, 0.05) is 11.6 Å². The summed E-state index contributed by atoms with van der Waals surface area (Å²) in [6, 6.07) is 16.8. The minimum absolute atomic E-state index is 0.190. The van der Waals surface area contributed by atoms with Crippen molar-refractivity contribution in [2.75, 3.05) is 11.9 Å². The summed E-state index contributed by atoms with van der Waals surface area (Å²) in [4.78, 5) is 12.1. The first-order valence-corrected chi connectivity index (χ1v) is 8.37. The molecule has 0 saturated carbocycles. The van der Waals surface area contributed by atoms with Gasteiger partial charge in [-0.25, -0.2) is 4.39 Å². The first-order valence-electron chi connectivity index (χ1n) is 8.00. The molecule has 0 atom stereocenters. The summed E-state index contributed by atoms with van der Waals surface area (Å²) in [5.41, 5.74) is 1.52. The first-order chi connectivity index (χ1) is 12.6. The quantitative estimate of drug-likeness (QED) is 0.688. The first kappa shape index (κ1) is 17.8. The van der Waals surface area contributed by atoms with Crippen LogP contribution in [0.25, 0.3) is 0 Å². The lowest BCUT2D eigenvalue weighted by molar-refractivity contribution is 0.0948. The smallest absolute Gasteiger partial charge is 0.271 e. The van der Waals surface area contributed by atoms with E-state index in [2.05, 4.69) is 20.8 Å². The van der Waals surface area contributed by atoms with E-state index < -0.39 is 5.82 Å². The number of amides is 1. The molecule has 2 N–H and O–H groups in total. The number of aromatic nitrogens is 2. The molecule has 0 radical (unpaired) electrons. The van der Waals surface area contributed by atoms with Crippen LogP contribution >= 0.6 is 11.6 Å².